The minimum absolute atomic E-state index is 0.162. The minimum atomic E-state index is -4.43. The lowest BCUT2D eigenvalue weighted by atomic mass is 9.91. The topological polar surface area (TPSA) is 103 Å². The third-order valence-electron chi connectivity index (χ3n) is 6.02. The van der Waals surface area contributed by atoms with Crippen LogP contribution in [0, 0.1) is 0 Å². The molecule has 0 radical (unpaired) electrons. The van der Waals surface area contributed by atoms with Gasteiger partial charge in [-0.3, -0.25) is 9.59 Å². The van der Waals surface area contributed by atoms with Crippen LogP contribution in [0.4, 0.5) is 24.5 Å². The molecule has 1 aliphatic carbocycles. The SMILES string of the molecule is CC(=O)O.CC1C(=O)NN=C2COc3cc(-c4cccc(C(F)(F)F)c4)c(NC4CCC4)cc3N21. The number of nitrogens with one attached hydrogen (secondary N) is 2. The van der Waals surface area contributed by atoms with Gasteiger partial charge in [-0.2, -0.15) is 18.3 Å². The highest BCUT2D eigenvalue weighted by Gasteiger charge is 2.36. The van der Waals surface area contributed by atoms with E-state index < -0.39 is 23.8 Å². The molecule has 1 atom stereocenters. The van der Waals surface area contributed by atoms with Crippen LogP contribution >= 0.6 is 0 Å². The van der Waals surface area contributed by atoms with Gasteiger partial charge in [0.15, 0.2) is 5.84 Å². The van der Waals surface area contributed by atoms with Crippen molar-refractivity contribution in [3.8, 4) is 16.9 Å². The predicted octanol–water partition coefficient (Wildman–Crippen LogP) is 4.46. The number of carboxylic acids is 1. The molecule has 0 aromatic heterocycles. The van der Waals surface area contributed by atoms with Crippen LogP contribution in [-0.2, 0) is 15.8 Å². The Bertz CT molecular complexity index is 1170. The van der Waals surface area contributed by atoms with Gasteiger partial charge >= 0.3 is 6.18 Å². The first kappa shape index (κ1) is 24.4. The number of halogens is 3. The summed E-state index contributed by atoms with van der Waals surface area (Å²) < 4.78 is 45.8. The molecule has 11 heteroatoms. The van der Waals surface area contributed by atoms with Gasteiger partial charge in [0.1, 0.15) is 18.4 Å². The molecule has 2 aromatic rings. The van der Waals surface area contributed by atoms with Gasteiger partial charge in [-0.05, 0) is 56.0 Å². The molecule has 1 fully saturated rings. The van der Waals surface area contributed by atoms with Gasteiger partial charge in [-0.1, -0.05) is 12.1 Å². The number of anilines is 2. The Labute approximate surface area is 199 Å². The molecule has 186 valence electrons. The molecule has 1 unspecified atom stereocenters. The summed E-state index contributed by atoms with van der Waals surface area (Å²) in [6.45, 7) is 3.02. The average molecular weight is 490 g/mol. The highest BCUT2D eigenvalue weighted by Crippen LogP contribution is 2.44. The summed E-state index contributed by atoms with van der Waals surface area (Å²) in [7, 11) is 0. The Hall–Kier alpha value is -3.76. The third kappa shape index (κ3) is 5.18. The molecule has 2 aliphatic heterocycles. The van der Waals surface area contributed by atoms with E-state index in [9.17, 15) is 18.0 Å². The fourth-order valence-electron chi connectivity index (χ4n) is 4.07. The van der Waals surface area contributed by atoms with Crippen molar-refractivity contribution >= 4 is 29.1 Å². The van der Waals surface area contributed by atoms with Crippen molar-refractivity contribution in [3.05, 3.63) is 42.0 Å². The van der Waals surface area contributed by atoms with Crippen molar-refractivity contribution in [1.82, 2.24) is 5.43 Å². The fraction of sp³-hybridized carbons (Fsp3) is 0.375. The second kappa shape index (κ2) is 9.47. The number of carboxylic acid groups (broad SMARTS) is 1. The Morgan fingerprint density at radius 1 is 1.26 bits per heavy atom. The molecule has 1 amide bonds. The van der Waals surface area contributed by atoms with Crippen molar-refractivity contribution in [2.45, 2.75) is 51.4 Å². The molecule has 2 heterocycles. The Balaban J connectivity index is 0.000000672. The number of rotatable bonds is 3. The smallest absolute Gasteiger partial charge is 0.416 e. The average Bonchev–Trinajstić information content (AvgIpc) is 2.77. The molecule has 35 heavy (non-hydrogen) atoms. The number of hydrogen-bond acceptors (Lipinski definition) is 6. The first-order valence-electron chi connectivity index (χ1n) is 11.1. The number of amides is 1. The molecule has 8 nitrogen and oxygen atoms in total. The van der Waals surface area contributed by atoms with Crippen molar-refractivity contribution in [2.24, 2.45) is 5.10 Å². The van der Waals surface area contributed by atoms with Crippen molar-refractivity contribution in [3.63, 3.8) is 0 Å². The van der Waals surface area contributed by atoms with E-state index in [2.05, 4.69) is 15.8 Å². The summed E-state index contributed by atoms with van der Waals surface area (Å²) in [6, 6.07) is 8.68. The maximum atomic E-state index is 13.3. The zero-order valence-corrected chi connectivity index (χ0v) is 19.1. The number of hydrogen-bond donors (Lipinski definition) is 3. The second-order valence-corrected chi connectivity index (χ2v) is 8.57. The number of aliphatic carboxylic acids is 1. The maximum Gasteiger partial charge on any atom is 0.416 e. The zero-order valence-electron chi connectivity index (χ0n) is 19.1. The lowest BCUT2D eigenvalue weighted by Gasteiger charge is -2.39. The van der Waals surface area contributed by atoms with Gasteiger partial charge in [0.25, 0.3) is 11.9 Å². The van der Waals surface area contributed by atoms with Crippen molar-refractivity contribution < 1.29 is 32.6 Å². The molecule has 0 spiro atoms. The monoisotopic (exact) mass is 490 g/mol. The first-order chi connectivity index (χ1) is 16.5. The quantitative estimate of drug-likeness (QED) is 0.587. The predicted molar refractivity (Wildman–Crippen MR) is 124 cm³/mol. The maximum absolute atomic E-state index is 13.3. The molecule has 3 aliphatic rings. The number of nitrogens with zero attached hydrogens (tertiary/aromatic N) is 2. The van der Waals surface area contributed by atoms with Gasteiger partial charge in [0.2, 0.25) is 0 Å². The van der Waals surface area contributed by atoms with Crippen molar-refractivity contribution in [1.29, 1.82) is 0 Å². The zero-order chi connectivity index (χ0) is 25.3. The number of carbonyl (C=O) groups excluding carboxylic acids is 1. The summed E-state index contributed by atoms with van der Waals surface area (Å²) in [4.78, 5) is 23.0. The number of fused-ring (bicyclic) bond motifs is 3. The number of ether oxygens (including phenoxy) is 1. The summed E-state index contributed by atoms with van der Waals surface area (Å²) >= 11 is 0. The highest BCUT2D eigenvalue weighted by molar-refractivity contribution is 6.10. The molecule has 0 saturated heterocycles. The van der Waals surface area contributed by atoms with Crippen LogP contribution in [-0.4, -0.2) is 41.5 Å². The minimum Gasteiger partial charge on any atom is -0.483 e. The number of amidine groups is 1. The van der Waals surface area contributed by atoms with E-state index in [1.165, 1.54) is 6.07 Å². The Morgan fingerprint density at radius 3 is 2.60 bits per heavy atom. The summed E-state index contributed by atoms with van der Waals surface area (Å²) in [5.41, 5.74) is 4.26. The lowest BCUT2D eigenvalue weighted by molar-refractivity contribution is -0.137. The van der Waals surface area contributed by atoms with Crippen LogP contribution < -0.4 is 20.4 Å². The van der Waals surface area contributed by atoms with E-state index in [1.807, 2.05) is 11.0 Å². The Kier molecular flexibility index (Phi) is 6.60. The van der Waals surface area contributed by atoms with Crippen LogP contribution in [0.25, 0.3) is 11.1 Å². The van der Waals surface area contributed by atoms with Gasteiger partial charge in [0, 0.05) is 24.2 Å². The van der Waals surface area contributed by atoms with Crippen LogP contribution in [0.15, 0.2) is 41.5 Å². The first-order valence-corrected chi connectivity index (χ1v) is 11.1. The molecule has 2 aromatic carbocycles. The molecule has 0 bridgehead atoms. The molecular formula is C24H25F3N4O4. The highest BCUT2D eigenvalue weighted by atomic mass is 19.4. The molecular weight excluding hydrogens is 465 g/mol. The Morgan fingerprint density at radius 2 is 1.97 bits per heavy atom. The number of benzene rings is 2. The van der Waals surface area contributed by atoms with Crippen LogP contribution in [0.1, 0.15) is 38.7 Å². The number of alkyl halides is 3. The van der Waals surface area contributed by atoms with E-state index in [0.29, 0.717) is 34.1 Å². The fourth-order valence-corrected chi connectivity index (χ4v) is 4.07. The van der Waals surface area contributed by atoms with Crippen LogP contribution in [0.5, 0.6) is 5.75 Å². The second-order valence-electron chi connectivity index (χ2n) is 8.57. The van der Waals surface area contributed by atoms with Gasteiger partial charge in [0.05, 0.1) is 11.3 Å². The van der Waals surface area contributed by atoms with Gasteiger partial charge in [-0.25, -0.2) is 5.43 Å². The van der Waals surface area contributed by atoms with Crippen LogP contribution in [0.3, 0.4) is 0 Å². The standard InChI is InChI=1S/C22H21F3N4O2.C2H4O2/c1-12-21(30)28-27-20-11-31-19-9-16(13-4-2-5-14(8-13)22(23,24)25)17(10-18(19)29(12)20)26-15-6-3-7-15;1-2(3)4/h2,4-5,8-10,12,15,26H,3,6-7,11H2,1H3,(H,28,30);1H3,(H,3,4). The summed E-state index contributed by atoms with van der Waals surface area (Å²) in [6.07, 6.45) is -1.30. The van der Waals surface area contributed by atoms with E-state index in [0.717, 1.165) is 38.3 Å². The number of carbonyl (C=O) groups is 2. The van der Waals surface area contributed by atoms with E-state index in [-0.39, 0.29) is 18.6 Å². The normalized spacial score (nSPS) is 19.0. The largest absolute Gasteiger partial charge is 0.483 e. The van der Waals surface area contributed by atoms with E-state index in [1.54, 1.807) is 19.1 Å². The summed E-state index contributed by atoms with van der Waals surface area (Å²) in [5.74, 6) is 0.0279. The lowest BCUT2D eigenvalue weighted by Crippen LogP contribution is -2.55. The molecule has 5 rings (SSSR count). The van der Waals surface area contributed by atoms with E-state index >= 15 is 0 Å². The molecule has 3 N–H and O–H groups in total. The summed E-state index contributed by atoms with van der Waals surface area (Å²) in [5, 5.41) is 15.0. The third-order valence-corrected chi connectivity index (χ3v) is 6.02. The number of hydrazone groups is 1. The van der Waals surface area contributed by atoms with Gasteiger partial charge < -0.3 is 20.1 Å². The van der Waals surface area contributed by atoms with Crippen LogP contribution in [0.2, 0.25) is 0 Å². The van der Waals surface area contributed by atoms with Crippen molar-refractivity contribution in [2.75, 3.05) is 16.8 Å². The van der Waals surface area contributed by atoms with E-state index in [4.69, 9.17) is 14.6 Å². The van der Waals surface area contributed by atoms with Gasteiger partial charge in [-0.15, -0.1) is 0 Å². The molecule has 1 saturated carbocycles.